The monoisotopic (exact) mass is 389 g/mol. The first-order valence-electron chi connectivity index (χ1n) is 8.51. The quantitative estimate of drug-likeness (QED) is 0.490. The van der Waals surface area contributed by atoms with Crippen LogP contribution in [0.2, 0.25) is 0 Å². The number of hydrogen-bond donors (Lipinski definition) is 1. The third kappa shape index (κ3) is 3.74. The molecule has 0 saturated heterocycles. The number of anilines is 1. The zero-order chi connectivity index (χ0) is 19.5. The van der Waals surface area contributed by atoms with E-state index in [9.17, 15) is 9.59 Å². The second-order valence-corrected chi connectivity index (χ2v) is 7.01. The van der Waals surface area contributed by atoms with Gasteiger partial charge in [-0.05, 0) is 19.1 Å². The summed E-state index contributed by atoms with van der Waals surface area (Å²) in [5.41, 5.74) is 2.35. The molecule has 0 saturated carbocycles. The van der Waals surface area contributed by atoms with E-state index in [1.807, 2.05) is 30.3 Å². The van der Waals surface area contributed by atoms with Crippen LogP contribution in [0.3, 0.4) is 0 Å². The van der Waals surface area contributed by atoms with Crippen LogP contribution in [0.1, 0.15) is 27.8 Å². The Morgan fingerprint density at radius 1 is 0.893 bits per heavy atom. The van der Waals surface area contributed by atoms with Crippen molar-refractivity contribution in [2.45, 2.75) is 6.92 Å². The maximum Gasteiger partial charge on any atom is 0.293 e. The summed E-state index contributed by atoms with van der Waals surface area (Å²) >= 11 is 1.29. The van der Waals surface area contributed by atoms with Gasteiger partial charge in [0.15, 0.2) is 11.5 Å². The molecule has 0 aliphatic carbocycles. The normalized spacial score (nSPS) is 10.6. The molecule has 2 aromatic heterocycles. The van der Waals surface area contributed by atoms with Gasteiger partial charge in [-0.2, -0.15) is 0 Å². The molecule has 0 aliphatic heterocycles. The molecular weight excluding hydrogens is 374 g/mol. The van der Waals surface area contributed by atoms with Crippen molar-refractivity contribution in [3.05, 3.63) is 78.1 Å². The van der Waals surface area contributed by atoms with E-state index in [0.717, 1.165) is 16.1 Å². The number of Topliss-reactive ketones (excluding diaryl/α,β-unsaturated/α-hetero) is 1. The molecule has 4 rings (SSSR count). The fourth-order valence-electron chi connectivity index (χ4n) is 2.61. The molecule has 0 unspecified atom stereocenters. The Bertz CT molecular complexity index is 1130. The number of hydrogen-bond acceptors (Lipinski definition) is 6. The van der Waals surface area contributed by atoms with Crippen LogP contribution in [-0.4, -0.2) is 21.9 Å². The summed E-state index contributed by atoms with van der Waals surface area (Å²) in [5.74, 6) is 0.310. The summed E-state index contributed by atoms with van der Waals surface area (Å²) in [4.78, 5) is 23.8. The second-order valence-electron chi connectivity index (χ2n) is 6.03. The molecule has 0 bridgehead atoms. The number of furan rings is 1. The largest absolute Gasteiger partial charge is 0.451 e. The van der Waals surface area contributed by atoms with E-state index in [1.165, 1.54) is 18.3 Å². The van der Waals surface area contributed by atoms with E-state index in [4.69, 9.17) is 4.42 Å². The summed E-state index contributed by atoms with van der Waals surface area (Å²) in [7, 11) is 0. The minimum absolute atomic E-state index is 0.00186. The zero-order valence-corrected chi connectivity index (χ0v) is 15.7. The topological polar surface area (TPSA) is 85.1 Å². The number of carbonyl (C=O) groups is 2. The van der Waals surface area contributed by atoms with Crippen molar-refractivity contribution in [3.63, 3.8) is 0 Å². The molecule has 0 radical (unpaired) electrons. The van der Waals surface area contributed by atoms with Gasteiger partial charge >= 0.3 is 0 Å². The van der Waals surface area contributed by atoms with Gasteiger partial charge in [0.1, 0.15) is 10.8 Å². The fourth-order valence-corrected chi connectivity index (χ4v) is 3.36. The molecule has 0 spiro atoms. The lowest BCUT2D eigenvalue weighted by Gasteiger charge is -2.00. The number of ketones is 1. The van der Waals surface area contributed by atoms with Crippen molar-refractivity contribution >= 4 is 28.2 Å². The van der Waals surface area contributed by atoms with E-state index < -0.39 is 5.91 Å². The number of nitrogens with one attached hydrogen (secondary N) is 1. The molecular formula is C21H15N3O3S. The average molecular weight is 389 g/mol. The molecule has 0 fully saturated rings. The van der Waals surface area contributed by atoms with Crippen LogP contribution in [0.15, 0.2) is 71.1 Å². The second kappa shape index (κ2) is 7.58. The predicted octanol–water partition coefficient (Wildman–Crippen LogP) is 4.92. The van der Waals surface area contributed by atoms with E-state index >= 15 is 0 Å². The Hall–Kier alpha value is -3.58. The number of amides is 1. The lowest BCUT2D eigenvalue weighted by molar-refractivity contribution is 0.0994. The van der Waals surface area contributed by atoms with Gasteiger partial charge in [-0.3, -0.25) is 14.9 Å². The standard InChI is InChI=1S/C21H15N3O3S/c1-13(25)14-7-9-15(10-8-14)17-11-12-18(27-17)19(26)22-21-24-23-20(28-21)16-5-3-2-4-6-16/h2-12H,1H3,(H,22,24,26). The highest BCUT2D eigenvalue weighted by Crippen LogP contribution is 2.27. The molecule has 6 nitrogen and oxygen atoms in total. The van der Waals surface area contributed by atoms with Crippen LogP contribution < -0.4 is 5.32 Å². The lowest BCUT2D eigenvalue weighted by Crippen LogP contribution is -2.10. The van der Waals surface area contributed by atoms with Gasteiger partial charge in [0.2, 0.25) is 5.13 Å². The highest BCUT2D eigenvalue weighted by atomic mass is 32.1. The van der Waals surface area contributed by atoms with Crippen molar-refractivity contribution in [2.24, 2.45) is 0 Å². The maximum absolute atomic E-state index is 12.4. The van der Waals surface area contributed by atoms with E-state index in [0.29, 0.717) is 16.5 Å². The number of nitrogens with zero attached hydrogens (tertiary/aromatic N) is 2. The Labute approximate surface area is 164 Å². The summed E-state index contributed by atoms with van der Waals surface area (Å²) in [6, 6.07) is 20.0. The summed E-state index contributed by atoms with van der Waals surface area (Å²) < 4.78 is 5.65. The van der Waals surface area contributed by atoms with Gasteiger partial charge in [0, 0.05) is 16.7 Å². The minimum atomic E-state index is -0.401. The van der Waals surface area contributed by atoms with Crippen molar-refractivity contribution in [3.8, 4) is 21.9 Å². The van der Waals surface area contributed by atoms with E-state index in [-0.39, 0.29) is 11.5 Å². The highest BCUT2D eigenvalue weighted by molar-refractivity contribution is 7.18. The molecule has 2 aromatic carbocycles. The van der Waals surface area contributed by atoms with Crippen molar-refractivity contribution in [2.75, 3.05) is 5.32 Å². The first kappa shape index (κ1) is 17.8. The predicted molar refractivity (Wildman–Crippen MR) is 107 cm³/mol. The van der Waals surface area contributed by atoms with E-state index in [2.05, 4.69) is 15.5 Å². The van der Waals surface area contributed by atoms with Gasteiger partial charge in [-0.25, -0.2) is 0 Å². The van der Waals surface area contributed by atoms with Gasteiger partial charge in [0.05, 0.1) is 0 Å². The van der Waals surface area contributed by atoms with Crippen LogP contribution in [0.4, 0.5) is 5.13 Å². The van der Waals surface area contributed by atoms with Gasteiger partial charge in [-0.1, -0.05) is 65.9 Å². The Balaban J connectivity index is 1.48. The SMILES string of the molecule is CC(=O)c1ccc(-c2ccc(C(=O)Nc3nnc(-c4ccccc4)s3)o2)cc1. The minimum Gasteiger partial charge on any atom is -0.451 e. The smallest absolute Gasteiger partial charge is 0.293 e. The summed E-state index contributed by atoms with van der Waals surface area (Å²) in [6.07, 6.45) is 0. The molecule has 138 valence electrons. The first-order chi connectivity index (χ1) is 13.6. The molecule has 7 heteroatoms. The van der Waals surface area contributed by atoms with Crippen LogP contribution >= 0.6 is 11.3 Å². The zero-order valence-electron chi connectivity index (χ0n) is 14.9. The average Bonchev–Trinajstić information content (AvgIpc) is 3.39. The molecule has 0 aliphatic rings. The van der Waals surface area contributed by atoms with Crippen molar-refractivity contribution in [1.82, 2.24) is 10.2 Å². The number of carbonyl (C=O) groups excluding carboxylic acids is 2. The van der Waals surface area contributed by atoms with E-state index in [1.54, 1.807) is 36.4 Å². The molecule has 1 N–H and O–H groups in total. The van der Waals surface area contributed by atoms with Crippen LogP contribution in [0.5, 0.6) is 0 Å². The lowest BCUT2D eigenvalue weighted by atomic mass is 10.1. The number of rotatable bonds is 5. The van der Waals surface area contributed by atoms with Crippen molar-refractivity contribution < 1.29 is 14.0 Å². The fraction of sp³-hybridized carbons (Fsp3) is 0.0476. The van der Waals surface area contributed by atoms with Gasteiger partial charge in [0.25, 0.3) is 5.91 Å². The molecule has 4 aromatic rings. The number of benzene rings is 2. The summed E-state index contributed by atoms with van der Waals surface area (Å²) in [6.45, 7) is 1.51. The first-order valence-corrected chi connectivity index (χ1v) is 9.33. The van der Waals surface area contributed by atoms with Gasteiger partial charge < -0.3 is 4.42 Å². The number of aromatic nitrogens is 2. The molecule has 2 heterocycles. The maximum atomic E-state index is 12.4. The highest BCUT2D eigenvalue weighted by Gasteiger charge is 2.15. The Morgan fingerprint density at radius 2 is 1.64 bits per heavy atom. The van der Waals surface area contributed by atoms with Crippen molar-refractivity contribution in [1.29, 1.82) is 0 Å². The van der Waals surface area contributed by atoms with Crippen LogP contribution in [0, 0.1) is 0 Å². The Kier molecular flexibility index (Phi) is 4.82. The Morgan fingerprint density at radius 3 is 2.36 bits per heavy atom. The third-order valence-corrected chi connectivity index (χ3v) is 4.96. The summed E-state index contributed by atoms with van der Waals surface area (Å²) in [5, 5.41) is 11.9. The molecule has 0 atom stereocenters. The van der Waals surface area contributed by atoms with Crippen LogP contribution in [-0.2, 0) is 0 Å². The van der Waals surface area contributed by atoms with Crippen LogP contribution in [0.25, 0.3) is 21.9 Å². The molecule has 1 amide bonds. The molecule has 28 heavy (non-hydrogen) atoms. The third-order valence-electron chi connectivity index (χ3n) is 4.07. The van der Waals surface area contributed by atoms with Gasteiger partial charge in [-0.15, -0.1) is 10.2 Å².